The molecule has 0 saturated heterocycles. The third kappa shape index (κ3) is 1.98. The molecule has 2 atom stereocenters. The molecule has 0 spiro atoms. The van der Waals surface area contributed by atoms with Gasteiger partial charge in [-0.1, -0.05) is 54.6 Å². The fourth-order valence-corrected chi connectivity index (χ4v) is 2.80. The molecule has 1 nitrogen and oxygen atoms in total. The Kier molecular flexibility index (Phi) is 2.69. The van der Waals surface area contributed by atoms with Crippen molar-refractivity contribution in [2.24, 2.45) is 0 Å². The quantitative estimate of drug-likeness (QED) is 0.828. The number of rotatable bonds is 2. The summed E-state index contributed by atoms with van der Waals surface area (Å²) in [4.78, 5) is 0. The topological polar surface area (TPSA) is 20.2 Å². The molecule has 1 aliphatic rings. The zero-order valence-electron chi connectivity index (χ0n) is 9.71. The Morgan fingerprint density at radius 3 is 2.29 bits per heavy atom. The maximum Gasteiger partial charge on any atom is 0.0798 e. The molecule has 86 valence electrons. The predicted molar refractivity (Wildman–Crippen MR) is 68.9 cm³/mol. The first-order valence-electron chi connectivity index (χ1n) is 6.15. The normalized spacial score (nSPS) is 22.4. The van der Waals surface area contributed by atoms with Gasteiger partial charge in [0.25, 0.3) is 0 Å². The van der Waals surface area contributed by atoms with Crippen LogP contribution in [0, 0.1) is 0 Å². The molecule has 0 fully saturated rings. The molecule has 0 amide bonds. The van der Waals surface area contributed by atoms with E-state index in [-0.39, 0.29) is 6.10 Å². The van der Waals surface area contributed by atoms with Crippen LogP contribution in [-0.2, 0) is 6.42 Å². The summed E-state index contributed by atoms with van der Waals surface area (Å²) in [7, 11) is 0. The molecule has 2 aromatic carbocycles. The van der Waals surface area contributed by atoms with E-state index in [0.717, 1.165) is 18.4 Å². The van der Waals surface area contributed by atoms with E-state index in [0.29, 0.717) is 5.92 Å². The Balaban J connectivity index is 1.87. The van der Waals surface area contributed by atoms with Crippen molar-refractivity contribution in [2.75, 3.05) is 0 Å². The minimum atomic E-state index is -0.278. The molecule has 1 heteroatoms. The van der Waals surface area contributed by atoms with E-state index in [1.54, 1.807) is 0 Å². The summed E-state index contributed by atoms with van der Waals surface area (Å²) in [5.41, 5.74) is 3.79. The van der Waals surface area contributed by atoms with E-state index in [1.807, 2.05) is 18.2 Å². The molecule has 1 aliphatic carbocycles. The Bertz CT molecular complexity index is 504. The molecule has 0 aromatic heterocycles. The molecule has 2 unspecified atom stereocenters. The Hall–Kier alpha value is -1.60. The lowest BCUT2D eigenvalue weighted by Crippen LogP contribution is -1.98. The van der Waals surface area contributed by atoms with Gasteiger partial charge in [-0.3, -0.25) is 0 Å². The van der Waals surface area contributed by atoms with Gasteiger partial charge in [-0.2, -0.15) is 0 Å². The van der Waals surface area contributed by atoms with E-state index >= 15 is 0 Å². The Morgan fingerprint density at radius 1 is 0.882 bits per heavy atom. The van der Waals surface area contributed by atoms with Crippen LogP contribution in [0.3, 0.4) is 0 Å². The second-order valence-electron chi connectivity index (χ2n) is 4.77. The van der Waals surface area contributed by atoms with Crippen molar-refractivity contribution in [1.82, 2.24) is 0 Å². The first-order chi connectivity index (χ1) is 8.34. The van der Waals surface area contributed by atoms with Crippen LogP contribution in [0.4, 0.5) is 0 Å². The molecule has 3 rings (SSSR count). The summed E-state index contributed by atoms with van der Waals surface area (Å²) in [5.74, 6) is 0.462. The summed E-state index contributed by atoms with van der Waals surface area (Å²) in [6.45, 7) is 0. The molecule has 0 aliphatic heterocycles. The second kappa shape index (κ2) is 4.34. The van der Waals surface area contributed by atoms with E-state index in [4.69, 9.17) is 0 Å². The minimum absolute atomic E-state index is 0.278. The van der Waals surface area contributed by atoms with Gasteiger partial charge in [-0.15, -0.1) is 0 Å². The van der Waals surface area contributed by atoms with Gasteiger partial charge in [0, 0.05) is 0 Å². The highest BCUT2D eigenvalue weighted by molar-refractivity contribution is 5.38. The highest BCUT2D eigenvalue weighted by Gasteiger charge is 2.28. The van der Waals surface area contributed by atoms with E-state index < -0.39 is 0 Å². The van der Waals surface area contributed by atoms with Crippen molar-refractivity contribution in [1.29, 1.82) is 0 Å². The minimum Gasteiger partial charge on any atom is -0.388 e. The number of aliphatic hydroxyl groups excluding tert-OH is 1. The van der Waals surface area contributed by atoms with Crippen molar-refractivity contribution < 1.29 is 5.11 Å². The van der Waals surface area contributed by atoms with Gasteiger partial charge >= 0.3 is 0 Å². The van der Waals surface area contributed by atoms with Crippen molar-refractivity contribution >= 4 is 0 Å². The van der Waals surface area contributed by atoms with E-state index in [9.17, 15) is 5.11 Å². The van der Waals surface area contributed by atoms with Gasteiger partial charge < -0.3 is 5.11 Å². The molecule has 17 heavy (non-hydrogen) atoms. The average Bonchev–Trinajstić information content (AvgIpc) is 2.69. The standard InChI is InChI=1S/C16H16O/c17-16-11-13(10-12-6-2-1-3-7-12)14-8-4-5-9-15(14)16/h1-9,13,16-17H,10-11H2. The van der Waals surface area contributed by atoms with Crippen LogP contribution < -0.4 is 0 Å². The van der Waals surface area contributed by atoms with Crippen LogP contribution in [0.2, 0.25) is 0 Å². The smallest absolute Gasteiger partial charge is 0.0798 e. The third-order valence-electron chi connectivity index (χ3n) is 3.63. The maximum absolute atomic E-state index is 10.0. The Labute approximate surface area is 102 Å². The van der Waals surface area contributed by atoms with Crippen molar-refractivity contribution in [3.63, 3.8) is 0 Å². The van der Waals surface area contributed by atoms with Crippen LogP contribution in [0.15, 0.2) is 54.6 Å². The molecule has 0 radical (unpaired) electrons. The van der Waals surface area contributed by atoms with Gasteiger partial charge in [0.1, 0.15) is 0 Å². The summed E-state index contributed by atoms with van der Waals surface area (Å²) in [6.07, 6.45) is 1.60. The van der Waals surface area contributed by atoms with Crippen LogP contribution in [-0.4, -0.2) is 5.11 Å². The number of aliphatic hydroxyl groups is 1. The van der Waals surface area contributed by atoms with Crippen LogP contribution in [0.5, 0.6) is 0 Å². The molecule has 0 heterocycles. The molecule has 2 aromatic rings. The van der Waals surface area contributed by atoms with Gasteiger partial charge in [-0.05, 0) is 35.4 Å². The fourth-order valence-electron chi connectivity index (χ4n) is 2.80. The first kappa shape index (κ1) is 10.5. The number of benzene rings is 2. The summed E-state index contributed by atoms with van der Waals surface area (Å²) in [5, 5.41) is 10.0. The average molecular weight is 224 g/mol. The largest absolute Gasteiger partial charge is 0.388 e. The summed E-state index contributed by atoms with van der Waals surface area (Å²) < 4.78 is 0. The van der Waals surface area contributed by atoms with Crippen LogP contribution in [0.25, 0.3) is 0 Å². The molecular weight excluding hydrogens is 208 g/mol. The predicted octanol–water partition coefficient (Wildman–Crippen LogP) is 3.45. The van der Waals surface area contributed by atoms with Crippen molar-refractivity contribution in [3.05, 3.63) is 71.3 Å². The molecule has 0 bridgehead atoms. The molecule has 0 saturated carbocycles. The van der Waals surface area contributed by atoms with Gasteiger partial charge in [0.15, 0.2) is 0 Å². The summed E-state index contributed by atoms with van der Waals surface area (Å²) in [6, 6.07) is 18.8. The lowest BCUT2D eigenvalue weighted by Gasteiger charge is -2.11. The molecule has 1 N–H and O–H groups in total. The van der Waals surface area contributed by atoms with Crippen molar-refractivity contribution in [2.45, 2.75) is 24.9 Å². The maximum atomic E-state index is 10.0. The monoisotopic (exact) mass is 224 g/mol. The second-order valence-corrected chi connectivity index (χ2v) is 4.77. The van der Waals surface area contributed by atoms with Crippen LogP contribution in [0.1, 0.15) is 35.1 Å². The number of fused-ring (bicyclic) bond motifs is 1. The van der Waals surface area contributed by atoms with Crippen molar-refractivity contribution in [3.8, 4) is 0 Å². The van der Waals surface area contributed by atoms with Gasteiger partial charge in [0.2, 0.25) is 0 Å². The highest BCUT2D eigenvalue weighted by Crippen LogP contribution is 2.41. The van der Waals surface area contributed by atoms with E-state index in [2.05, 4.69) is 36.4 Å². The van der Waals surface area contributed by atoms with Gasteiger partial charge in [0.05, 0.1) is 6.10 Å². The fraction of sp³-hybridized carbons (Fsp3) is 0.250. The SMILES string of the molecule is OC1CC(Cc2ccccc2)c2ccccc21. The third-order valence-corrected chi connectivity index (χ3v) is 3.63. The summed E-state index contributed by atoms with van der Waals surface area (Å²) >= 11 is 0. The van der Waals surface area contributed by atoms with E-state index in [1.165, 1.54) is 11.1 Å². The highest BCUT2D eigenvalue weighted by atomic mass is 16.3. The van der Waals surface area contributed by atoms with Gasteiger partial charge in [-0.25, -0.2) is 0 Å². The Morgan fingerprint density at radius 2 is 1.53 bits per heavy atom. The zero-order valence-corrected chi connectivity index (χ0v) is 9.71. The lowest BCUT2D eigenvalue weighted by molar-refractivity contribution is 0.173. The zero-order chi connectivity index (χ0) is 11.7. The number of hydrogen-bond donors (Lipinski definition) is 1. The van der Waals surface area contributed by atoms with Crippen LogP contribution >= 0.6 is 0 Å². The number of hydrogen-bond acceptors (Lipinski definition) is 1. The lowest BCUT2D eigenvalue weighted by atomic mass is 9.94. The first-order valence-corrected chi connectivity index (χ1v) is 6.15. The molecular formula is C16H16O.